The van der Waals surface area contributed by atoms with Gasteiger partial charge in [0.05, 0.1) is 17.3 Å². The summed E-state index contributed by atoms with van der Waals surface area (Å²) in [5.74, 6) is -4.18. The van der Waals surface area contributed by atoms with Crippen LogP contribution in [0.25, 0.3) is 5.76 Å². The molecule has 3 aromatic rings. The van der Waals surface area contributed by atoms with Gasteiger partial charge in [0.2, 0.25) is 0 Å². The zero-order valence-electron chi connectivity index (χ0n) is 14.8. The van der Waals surface area contributed by atoms with E-state index in [4.69, 9.17) is 0 Å². The Morgan fingerprint density at radius 1 is 0.931 bits per heavy atom. The number of benzene rings is 1. The predicted octanol–water partition coefficient (Wildman–Crippen LogP) is 3.38. The van der Waals surface area contributed by atoms with Gasteiger partial charge in [-0.1, -0.05) is 0 Å². The molecule has 1 amide bonds. The fourth-order valence-electron chi connectivity index (χ4n) is 3.28. The number of pyridine rings is 2. The quantitative estimate of drug-likeness (QED) is 0.419. The van der Waals surface area contributed by atoms with Gasteiger partial charge in [0.15, 0.2) is 0 Å². The zero-order valence-corrected chi connectivity index (χ0v) is 14.8. The number of aliphatic hydroxyl groups excluding tert-OH is 1. The minimum Gasteiger partial charge on any atom is -0.507 e. The second kappa shape index (κ2) is 7.23. The molecule has 8 heteroatoms. The van der Waals surface area contributed by atoms with Gasteiger partial charge in [-0.3, -0.25) is 24.5 Å². The number of halogens is 2. The number of hydrogen-bond donors (Lipinski definition) is 1. The van der Waals surface area contributed by atoms with Crippen molar-refractivity contribution in [3.63, 3.8) is 0 Å². The summed E-state index contributed by atoms with van der Waals surface area (Å²) >= 11 is 0. The highest BCUT2D eigenvalue weighted by atomic mass is 19.1. The fourth-order valence-corrected chi connectivity index (χ4v) is 3.28. The molecule has 3 heterocycles. The van der Waals surface area contributed by atoms with Crippen molar-refractivity contribution in [1.29, 1.82) is 0 Å². The molecular weight excluding hydrogens is 380 g/mol. The number of nitrogens with zero attached hydrogens (tertiary/aromatic N) is 3. The molecule has 1 aliphatic rings. The lowest BCUT2D eigenvalue weighted by atomic mass is 9.96. The molecule has 0 radical (unpaired) electrons. The first-order valence-electron chi connectivity index (χ1n) is 8.55. The van der Waals surface area contributed by atoms with E-state index in [0.29, 0.717) is 5.56 Å². The molecule has 1 aromatic carbocycles. The Hall–Kier alpha value is -3.94. The SMILES string of the molecule is O=C1C(=O)N(c2cc(F)ccc2F)C(c2ccncc2)/C1=C(\O)c1ccncc1. The molecule has 29 heavy (non-hydrogen) atoms. The van der Waals surface area contributed by atoms with Crippen molar-refractivity contribution in [3.05, 3.63) is 95.6 Å². The maximum atomic E-state index is 14.5. The number of Topliss-reactive ketones (excluding diaryl/α,β-unsaturated/α-hetero) is 1. The number of aliphatic hydroxyl groups is 1. The van der Waals surface area contributed by atoms with E-state index < -0.39 is 40.8 Å². The standard InChI is InChI=1S/C21H13F2N3O3/c22-14-1-2-15(23)16(11-14)26-18(12-3-7-24-8-4-12)17(20(28)21(26)29)19(27)13-5-9-25-10-6-13/h1-11,18,27H/b19-17+. The minimum absolute atomic E-state index is 0.240. The van der Waals surface area contributed by atoms with Crippen LogP contribution in [0.4, 0.5) is 14.5 Å². The van der Waals surface area contributed by atoms with Crippen molar-refractivity contribution in [1.82, 2.24) is 9.97 Å². The third-order valence-electron chi connectivity index (χ3n) is 4.59. The number of amides is 1. The fraction of sp³-hybridized carbons (Fsp3) is 0.0476. The van der Waals surface area contributed by atoms with Crippen molar-refractivity contribution < 1.29 is 23.5 Å². The number of ketones is 1. The predicted molar refractivity (Wildman–Crippen MR) is 99.6 cm³/mol. The first-order chi connectivity index (χ1) is 14.0. The van der Waals surface area contributed by atoms with Gasteiger partial charge in [0, 0.05) is 36.4 Å². The number of carbonyl (C=O) groups excluding carboxylic acids is 2. The second-order valence-electron chi connectivity index (χ2n) is 6.28. The van der Waals surface area contributed by atoms with Gasteiger partial charge in [-0.25, -0.2) is 8.78 Å². The summed E-state index contributed by atoms with van der Waals surface area (Å²) in [5.41, 5.74) is 0.0222. The van der Waals surface area contributed by atoms with Crippen LogP contribution in [0, 0.1) is 11.6 Å². The van der Waals surface area contributed by atoms with E-state index in [-0.39, 0.29) is 11.1 Å². The Bertz CT molecular complexity index is 1130. The smallest absolute Gasteiger partial charge is 0.300 e. The Morgan fingerprint density at radius 3 is 2.21 bits per heavy atom. The van der Waals surface area contributed by atoms with Gasteiger partial charge >= 0.3 is 0 Å². The molecule has 144 valence electrons. The van der Waals surface area contributed by atoms with Crippen LogP contribution >= 0.6 is 0 Å². The van der Waals surface area contributed by atoms with Crippen molar-refractivity contribution in [2.24, 2.45) is 0 Å². The molecule has 0 aliphatic carbocycles. The van der Waals surface area contributed by atoms with Crippen LogP contribution in [0.15, 0.2) is 72.8 Å². The average molecular weight is 393 g/mol. The molecule has 1 fully saturated rings. The molecule has 1 atom stereocenters. The first kappa shape index (κ1) is 18.4. The monoisotopic (exact) mass is 393 g/mol. The molecule has 0 bridgehead atoms. The second-order valence-corrected chi connectivity index (χ2v) is 6.28. The lowest BCUT2D eigenvalue weighted by Gasteiger charge is -2.25. The number of rotatable bonds is 3. The number of carbonyl (C=O) groups is 2. The summed E-state index contributed by atoms with van der Waals surface area (Å²) in [6.07, 6.45) is 5.70. The maximum absolute atomic E-state index is 14.5. The summed E-state index contributed by atoms with van der Waals surface area (Å²) in [6, 6.07) is 7.44. The first-order valence-corrected chi connectivity index (χ1v) is 8.55. The third kappa shape index (κ3) is 3.14. The van der Waals surface area contributed by atoms with E-state index in [2.05, 4.69) is 9.97 Å². The molecule has 6 nitrogen and oxygen atoms in total. The lowest BCUT2D eigenvalue weighted by Crippen LogP contribution is -2.30. The topological polar surface area (TPSA) is 83.4 Å². The zero-order chi connectivity index (χ0) is 20.5. The van der Waals surface area contributed by atoms with Gasteiger partial charge in [-0.05, 0) is 42.0 Å². The Balaban J connectivity index is 1.98. The highest BCUT2D eigenvalue weighted by molar-refractivity contribution is 6.51. The summed E-state index contributed by atoms with van der Waals surface area (Å²) in [5, 5.41) is 10.8. The van der Waals surface area contributed by atoms with Gasteiger partial charge < -0.3 is 5.11 Å². The maximum Gasteiger partial charge on any atom is 0.300 e. The highest BCUT2D eigenvalue weighted by Crippen LogP contribution is 2.42. The number of hydrogen-bond acceptors (Lipinski definition) is 5. The van der Waals surface area contributed by atoms with Crippen LogP contribution in [0.1, 0.15) is 17.2 Å². The molecule has 1 N–H and O–H groups in total. The van der Waals surface area contributed by atoms with Crippen LogP contribution in [-0.2, 0) is 9.59 Å². The molecule has 1 aliphatic heterocycles. The highest BCUT2D eigenvalue weighted by Gasteiger charge is 2.47. The summed E-state index contributed by atoms with van der Waals surface area (Å²) < 4.78 is 28.3. The Morgan fingerprint density at radius 2 is 1.55 bits per heavy atom. The number of aromatic nitrogens is 2. The van der Waals surface area contributed by atoms with E-state index in [1.54, 1.807) is 0 Å². The van der Waals surface area contributed by atoms with Crippen LogP contribution in [0.5, 0.6) is 0 Å². The van der Waals surface area contributed by atoms with Gasteiger partial charge in [-0.15, -0.1) is 0 Å². The Labute approximate surface area is 163 Å². The van der Waals surface area contributed by atoms with Crippen LogP contribution < -0.4 is 4.90 Å². The number of anilines is 1. The van der Waals surface area contributed by atoms with Crippen LogP contribution in [0.2, 0.25) is 0 Å². The lowest BCUT2D eigenvalue weighted by molar-refractivity contribution is -0.132. The molecule has 1 unspecified atom stereocenters. The summed E-state index contributed by atoms with van der Waals surface area (Å²) in [4.78, 5) is 34.2. The van der Waals surface area contributed by atoms with Crippen LogP contribution in [-0.4, -0.2) is 26.8 Å². The van der Waals surface area contributed by atoms with Crippen molar-refractivity contribution >= 4 is 23.1 Å². The van der Waals surface area contributed by atoms with Crippen molar-refractivity contribution in [2.45, 2.75) is 6.04 Å². The third-order valence-corrected chi connectivity index (χ3v) is 4.59. The summed E-state index contributed by atoms with van der Waals surface area (Å²) in [6.45, 7) is 0. The van der Waals surface area contributed by atoms with Gasteiger partial charge in [0.25, 0.3) is 11.7 Å². The molecule has 2 aromatic heterocycles. The van der Waals surface area contributed by atoms with E-state index in [0.717, 1.165) is 23.1 Å². The van der Waals surface area contributed by atoms with Gasteiger partial charge in [-0.2, -0.15) is 0 Å². The molecular formula is C21H13F2N3O3. The van der Waals surface area contributed by atoms with Crippen molar-refractivity contribution in [2.75, 3.05) is 4.90 Å². The van der Waals surface area contributed by atoms with E-state index in [9.17, 15) is 23.5 Å². The molecule has 1 saturated heterocycles. The Kier molecular flexibility index (Phi) is 4.59. The molecule has 4 rings (SSSR count). The minimum atomic E-state index is -1.16. The molecule has 0 saturated carbocycles. The van der Waals surface area contributed by atoms with Gasteiger partial charge in [0.1, 0.15) is 17.4 Å². The molecule has 0 spiro atoms. The van der Waals surface area contributed by atoms with E-state index in [1.807, 2.05) is 0 Å². The largest absolute Gasteiger partial charge is 0.507 e. The average Bonchev–Trinajstić information content (AvgIpc) is 3.01. The van der Waals surface area contributed by atoms with E-state index in [1.165, 1.54) is 49.1 Å². The van der Waals surface area contributed by atoms with E-state index >= 15 is 0 Å². The van der Waals surface area contributed by atoms with Crippen LogP contribution in [0.3, 0.4) is 0 Å². The van der Waals surface area contributed by atoms with Crippen molar-refractivity contribution in [3.8, 4) is 0 Å². The normalized spacial score (nSPS) is 18.3. The summed E-state index contributed by atoms with van der Waals surface area (Å²) in [7, 11) is 0.